The van der Waals surface area contributed by atoms with Gasteiger partial charge >= 0.3 is 0 Å². The lowest BCUT2D eigenvalue weighted by atomic mass is 10.4. The van der Waals surface area contributed by atoms with E-state index in [0.717, 1.165) is 11.5 Å². The molecule has 0 atom stereocenters. The maximum atomic E-state index is 4.26. The zero-order valence-electron chi connectivity index (χ0n) is 7.60. The molecule has 0 radical (unpaired) electrons. The van der Waals surface area contributed by atoms with Crippen molar-refractivity contribution >= 4 is 11.5 Å². The molecule has 68 valence electrons. The van der Waals surface area contributed by atoms with Crippen molar-refractivity contribution in [3.8, 4) is 0 Å². The van der Waals surface area contributed by atoms with Crippen molar-refractivity contribution in [3.05, 3.63) is 18.5 Å². The summed E-state index contributed by atoms with van der Waals surface area (Å²) in [5, 5.41) is 15.1. The van der Waals surface area contributed by atoms with Gasteiger partial charge in [0.15, 0.2) is 5.65 Å². The van der Waals surface area contributed by atoms with Crippen molar-refractivity contribution in [1.29, 1.82) is 0 Å². The highest BCUT2D eigenvalue weighted by atomic mass is 15.4. The summed E-state index contributed by atoms with van der Waals surface area (Å²) in [4.78, 5) is 0. The van der Waals surface area contributed by atoms with E-state index in [4.69, 9.17) is 0 Å². The predicted octanol–water partition coefficient (Wildman–Crippen LogP) is 0.945. The third kappa shape index (κ3) is 1.58. The molecule has 2 aromatic heterocycles. The number of nitrogens with one attached hydrogen (secondary N) is 1. The van der Waals surface area contributed by atoms with E-state index in [1.807, 2.05) is 12.1 Å². The summed E-state index contributed by atoms with van der Waals surface area (Å²) < 4.78 is 1.64. The van der Waals surface area contributed by atoms with Crippen molar-refractivity contribution in [2.24, 2.45) is 0 Å². The summed E-state index contributed by atoms with van der Waals surface area (Å²) >= 11 is 0. The molecule has 0 unspecified atom stereocenters. The Labute approximate surface area is 75.8 Å². The molecule has 5 nitrogen and oxygen atoms in total. The molecule has 13 heavy (non-hydrogen) atoms. The zero-order chi connectivity index (χ0) is 9.26. The van der Waals surface area contributed by atoms with Crippen LogP contribution in [0, 0.1) is 0 Å². The van der Waals surface area contributed by atoms with Gasteiger partial charge in [-0.25, -0.2) is 0 Å². The number of hydrogen-bond donors (Lipinski definition) is 1. The van der Waals surface area contributed by atoms with E-state index in [0.29, 0.717) is 6.04 Å². The quantitative estimate of drug-likeness (QED) is 0.741. The zero-order valence-corrected chi connectivity index (χ0v) is 7.60. The van der Waals surface area contributed by atoms with E-state index in [9.17, 15) is 0 Å². The average Bonchev–Trinajstić information content (AvgIpc) is 2.49. The third-order valence-electron chi connectivity index (χ3n) is 1.60. The summed E-state index contributed by atoms with van der Waals surface area (Å²) in [7, 11) is 0. The van der Waals surface area contributed by atoms with Crippen LogP contribution in [0.2, 0.25) is 0 Å². The topological polar surface area (TPSA) is 55.1 Å². The van der Waals surface area contributed by atoms with E-state index in [1.165, 1.54) is 0 Å². The molecule has 2 heterocycles. The Kier molecular flexibility index (Phi) is 1.84. The van der Waals surface area contributed by atoms with Gasteiger partial charge in [-0.2, -0.15) is 4.52 Å². The van der Waals surface area contributed by atoms with Crippen LogP contribution in [0.4, 0.5) is 5.82 Å². The fourth-order valence-corrected chi connectivity index (χ4v) is 1.10. The van der Waals surface area contributed by atoms with Gasteiger partial charge in [0.25, 0.3) is 0 Å². The van der Waals surface area contributed by atoms with Crippen molar-refractivity contribution in [2.75, 3.05) is 5.32 Å². The van der Waals surface area contributed by atoms with Crippen LogP contribution in [-0.4, -0.2) is 25.9 Å². The van der Waals surface area contributed by atoms with E-state index in [-0.39, 0.29) is 0 Å². The van der Waals surface area contributed by atoms with Gasteiger partial charge in [-0.15, -0.1) is 15.3 Å². The van der Waals surface area contributed by atoms with Gasteiger partial charge in [0.1, 0.15) is 12.1 Å². The first-order valence-corrected chi connectivity index (χ1v) is 4.19. The third-order valence-corrected chi connectivity index (χ3v) is 1.60. The number of nitrogens with zero attached hydrogens (tertiary/aromatic N) is 4. The second-order valence-corrected chi connectivity index (χ2v) is 3.15. The Morgan fingerprint density at radius 1 is 1.38 bits per heavy atom. The van der Waals surface area contributed by atoms with Crippen molar-refractivity contribution in [1.82, 2.24) is 19.8 Å². The molecule has 0 aliphatic carbocycles. The first-order chi connectivity index (χ1) is 6.25. The molecule has 1 N–H and O–H groups in total. The van der Waals surface area contributed by atoms with Crippen LogP contribution in [0.15, 0.2) is 18.5 Å². The lowest BCUT2D eigenvalue weighted by Crippen LogP contribution is -2.11. The van der Waals surface area contributed by atoms with E-state index in [1.54, 1.807) is 10.8 Å². The summed E-state index contributed by atoms with van der Waals surface area (Å²) in [6, 6.07) is 4.15. The van der Waals surface area contributed by atoms with Crippen LogP contribution in [0.1, 0.15) is 13.8 Å². The highest BCUT2D eigenvalue weighted by Crippen LogP contribution is 2.05. The van der Waals surface area contributed by atoms with Crippen molar-refractivity contribution < 1.29 is 0 Å². The number of fused-ring (bicyclic) bond motifs is 1. The lowest BCUT2D eigenvalue weighted by molar-refractivity contribution is 0.854. The highest BCUT2D eigenvalue weighted by molar-refractivity contribution is 5.43. The van der Waals surface area contributed by atoms with E-state index >= 15 is 0 Å². The average molecular weight is 177 g/mol. The lowest BCUT2D eigenvalue weighted by Gasteiger charge is -2.07. The maximum Gasteiger partial charge on any atom is 0.177 e. The summed E-state index contributed by atoms with van der Waals surface area (Å²) in [6.45, 7) is 4.13. The monoisotopic (exact) mass is 177 g/mol. The van der Waals surface area contributed by atoms with Crippen LogP contribution >= 0.6 is 0 Å². The molecule has 0 fully saturated rings. The molecule has 0 spiro atoms. The highest BCUT2D eigenvalue weighted by Gasteiger charge is 1.99. The van der Waals surface area contributed by atoms with Crippen LogP contribution < -0.4 is 5.32 Å². The molecule has 0 aromatic carbocycles. The number of hydrogen-bond acceptors (Lipinski definition) is 4. The Bertz CT molecular complexity index is 406. The standard InChI is InChI=1S/C8H11N5/c1-6(2)10-7-3-4-8-11-9-5-13(8)12-7/h3-6H,1-2H3,(H,10,12). The van der Waals surface area contributed by atoms with E-state index < -0.39 is 0 Å². The molecule has 0 amide bonds. The summed E-state index contributed by atoms with van der Waals surface area (Å²) in [6.07, 6.45) is 1.58. The van der Waals surface area contributed by atoms with Gasteiger partial charge in [-0.3, -0.25) is 0 Å². The van der Waals surface area contributed by atoms with Gasteiger partial charge < -0.3 is 5.32 Å². The Hall–Kier alpha value is -1.65. The fourth-order valence-electron chi connectivity index (χ4n) is 1.10. The SMILES string of the molecule is CC(C)Nc1ccc2nncn2n1. The summed E-state index contributed by atoms with van der Waals surface area (Å²) in [5.41, 5.74) is 0.759. The fraction of sp³-hybridized carbons (Fsp3) is 0.375. The smallest absolute Gasteiger partial charge is 0.177 e. The molecular formula is C8H11N5. The van der Waals surface area contributed by atoms with Crippen LogP contribution in [0.3, 0.4) is 0 Å². The molecule has 0 aliphatic heterocycles. The van der Waals surface area contributed by atoms with Gasteiger partial charge in [-0.05, 0) is 26.0 Å². The van der Waals surface area contributed by atoms with Crippen LogP contribution in [0.5, 0.6) is 0 Å². The molecule has 0 saturated carbocycles. The minimum Gasteiger partial charge on any atom is -0.366 e. The van der Waals surface area contributed by atoms with Gasteiger partial charge in [0.2, 0.25) is 0 Å². The molecule has 2 rings (SSSR count). The maximum absolute atomic E-state index is 4.26. The van der Waals surface area contributed by atoms with Gasteiger partial charge in [0, 0.05) is 6.04 Å². The minimum atomic E-state index is 0.376. The normalized spacial score (nSPS) is 11.0. The molecule has 0 bridgehead atoms. The second kappa shape index (κ2) is 3.01. The van der Waals surface area contributed by atoms with Gasteiger partial charge in [0.05, 0.1) is 0 Å². The minimum absolute atomic E-state index is 0.376. The molecule has 2 aromatic rings. The van der Waals surface area contributed by atoms with Crippen LogP contribution in [-0.2, 0) is 0 Å². The van der Waals surface area contributed by atoms with Crippen molar-refractivity contribution in [2.45, 2.75) is 19.9 Å². The van der Waals surface area contributed by atoms with Crippen LogP contribution in [0.25, 0.3) is 5.65 Å². The Morgan fingerprint density at radius 2 is 2.23 bits per heavy atom. The first kappa shape index (κ1) is 7.97. The molecule has 0 aliphatic rings. The Morgan fingerprint density at radius 3 is 3.00 bits per heavy atom. The number of anilines is 1. The first-order valence-electron chi connectivity index (χ1n) is 4.19. The molecule has 0 saturated heterocycles. The van der Waals surface area contributed by atoms with Crippen molar-refractivity contribution in [3.63, 3.8) is 0 Å². The molecule has 5 heteroatoms. The van der Waals surface area contributed by atoms with E-state index in [2.05, 4.69) is 34.5 Å². The second-order valence-electron chi connectivity index (χ2n) is 3.15. The molecular weight excluding hydrogens is 166 g/mol. The largest absolute Gasteiger partial charge is 0.366 e. The Balaban J connectivity index is 2.37. The predicted molar refractivity (Wildman–Crippen MR) is 49.5 cm³/mol. The number of aromatic nitrogens is 4. The van der Waals surface area contributed by atoms with Gasteiger partial charge in [-0.1, -0.05) is 0 Å². The summed E-state index contributed by atoms with van der Waals surface area (Å²) in [5.74, 6) is 0.835. The number of rotatable bonds is 2.